The van der Waals surface area contributed by atoms with Gasteiger partial charge in [0, 0.05) is 25.0 Å². The molecule has 0 aromatic heterocycles. The summed E-state index contributed by atoms with van der Waals surface area (Å²) >= 11 is 0. The molecule has 102 valence electrons. The maximum Gasteiger partial charge on any atom is 0.191 e. The van der Waals surface area contributed by atoms with Crippen molar-refractivity contribution in [2.45, 2.75) is 37.8 Å². The lowest BCUT2D eigenvalue weighted by molar-refractivity contribution is 0.607. The van der Waals surface area contributed by atoms with Gasteiger partial charge in [0.1, 0.15) is 5.82 Å². The second-order valence-electron chi connectivity index (χ2n) is 5.65. The molecule has 19 heavy (non-hydrogen) atoms. The van der Waals surface area contributed by atoms with Gasteiger partial charge in [0.15, 0.2) is 5.96 Å². The Labute approximate surface area is 113 Å². The van der Waals surface area contributed by atoms with Crippen LogP contribution in [0.3, 0.4) is 0 Å². The lowest BCUT2D eigenvalue weighted by Crippen LogP contribution is -2.40. The zero-order valence-electron chi connectivity index (χ0n) is 11.4. The van der Waals surface area contributed by atoms with Crippen molar-refractivity contribution in [3.8, 4) is 0 Å². The molecule has 1 aromatic rings. The Morgan fingerprint density at radius 2 is 1.89 bits per heavy atom. The minimum Gasteiger partial charge on any atom is -0.353 e. The second-order valence-corrected chi connectivity index (χ2v) is 5.65. The van der Waals surface area contributed by atoms with Crippen LogP contribution in [0.25, 0.3) is 0 Å². The van der Waals surface area contributed by atoms with Gasteiger partial charge in [-0.2, -0.15) is 0 Å². The monoisotopic (exact) mass is 261 g/mol. The summed E-state index contributed by atoms with van der Waals surface area (Å²) in [5.74, 6) is 1.75. The van der Waals surface area contributed by atoms with Crippen LogP contribution in [0.2, 0.25) is 0 Å². The summed E-state index contributed by atoms with van der Waals surface area (Å²) in [7, 11) is 1.78. The van der Waals surface area contributed by atoms with Crippen LogP contribution in [-0.4, -0.2) is 25.1 Å². The summed E-state index contributed by atoms with van der Waals surface area (Å²) in [5.41, 5.74) is 0.815. The number of hydrogen-bond acceptors (Lipinski definition) is 1. The van der Waals surface area contributed by atoms with Crippen LogP contribution in [0.15, 0.2) is 29.3 Å². The largest absolute Gasteiger partial charge is 0.353 e. The molecule has 0 spiro atoms. The molecule has 0 aliphatic heterocycles. The Morgan fingerprint density at radius 3 is 2.53 bits per heavy atom. The first-order valence-electron chi connectivity index (χ1n) is 6.93. The van der Waals surface area contributed by atoms with E-state index in [1.807, 2.05) is 12.1 Å². The summed E-state index contributed by atoms with van der Waals surface area (Å²) in [5, 5.41) is 6.77. The normalized spacial score (nSPS) is 32.9. The van der Waals surface area contributed by atoms with Crippen LogP contribution in [0.4, 0.5) is 4.39 Å². The Hall–Kier alpha value is -1.58. The van der Waals surface area contributed by atoms with Gasteiger partial charge in [-0.15, -0.1) is 0 Å². The summed E-state index contributed by atoms with van der Waals surface area (Å²) < 4.78 is 13.7. The van der Waals surface area contributed by atoms with Gasteiger partial charge in [-0.25, -0.2) is 4.39 Å². The number of hydrogen-bond donors (Lipinski definition) is 2. The molecule has 4 heteroatoms. The fourth-order valence-electron chi connectivity index (χ4n) is 2.52. The Balaban J connectivity index is 1.56. The Morgan fingerprint density at radius 1 is 1.21 bits per heavy atom. The minimum atomic E-state index is -0.101. The van der Waals surface area contributed by atoms with Crippen molar-refractivity contribution >= 4 is 5.96 Å². The van der Waals surface area contributed by atoms with E-state index in [0.29, 0.717) is 12.1 Å². The molecule has 0 bridgehead atoms. The standard InChI is InChI=1S/C15H20FN3/c1-9-7-13(9)18-15(17-2)19-14-8-11(14)10-5-3-4-6-12(10)16/h3-6,9,11,13-14H,7-8H2,1-2H3,(H2,17,18,19). The third-order valence-electron chi connectivity index (χ3n) is 4.07. The van der Waals surface area contributed by atoms with Crippen LogP contribution >= 0.6 is 0 Å². The molecule has 4 atom stereocenters. The van der Waals surface area contributed by atoms with Crippen LogP contribution in [0, 0.1) is 11.7 Å². The smallest absolute Gasteiger partial charge is 0.191 e. The number of benzene rings is 1. The summed E-state index contributed by atoms with van der Waals surface area (Å²) in [6, 6.07) is 7.89. The number of nitrogens with zero attached hydrogens (tertiary/aromatic N) is 1. The van der Waals surface area contributed by atoms with E-state index in [1.165, 1.54) is 12.5 Å². The van der Waals surface area contributed by atoms with Crippen LogP contribution in [0.1, 0.15) is 31.2 Å². The highest BCUT2D eigenvalue weighted by Crippen LogP contribution is 2.41. The van der Waals surface area contributed by atoms with Crippen molar-refractivity contribution in [1.29, 1.82) is 0 Å². The van der Waals surface area contributed by atoms with E-state index in [4.69, 9.17) is 0 Å². The summed E-state index contributed by atoms with van der Waals surface area (Å²) in [6.45, 7) is 2.23. The molecule has 3 nitrogen and oxygen atoms in total. The molecular weight excluding hydrogens is 241 g/mol. The summed E-state index contributed by atoms with van der Waals surface area (Å²) in [6.07, 6.45) is 2.18. The molecule has 2 aliphatic carbocycles. The van der Waals surface area contributed by atoms with Gasteiger partial charge < -0.3 is 10.6 Å². The first-order valence-corrected chi connectivity index (χ1v) is 6.93. The van der Waals surface area contributed by atoms with Crippen LogP contribution in [-0.2, 0) is 0 Å². The predicted octanol–water partition coefficient (Wildman–Crippen LogP) is 2.25. The fourth-order valence-corrected chi connectivity index (χ4v) is 2.52. The van der Waals surface area contributed by atoms with Gasteiger partial charge in [0.05, 0.1) is 0 Å². The maximum absolute atomic E-state index is 13.7. The third-order valence-corrected chi connectivity index (χ3v) is 4.07. The van der Waals surface area contributed by atoms with Crippen molar-refractivity contribution < 1.29 is 4.39 Å². The molecule has 2 N–H and O–H groups in total. The first kappa shape index (κ1) is 12.5. The topological polar surface area (TPSA) is 36.4 Å². The van der Waals surface area contributed by atoms with E-state index in [1.54, 1.807) is 13.1 Å². The molecule has 2 fully saturated rings. The van der Waals surface area contributed by atoms with Gasteiger partial charge in [-0.05, 0) is 30.4 Å². The number of nitrogens with one attached hydrogen (secondary N) is 2. The van der Waals surface area contributed by atoms with Gasteiger partial charge in [0.25, 0.3) is 0 Å². The molecule has 0 amide bonds. The molecule has 0 heterocycles. The third kappa shape index (κ3) is 2.72. The van der Waals surface area contributed by atoms with E-state index < -0.39 is 0 Å². The molecule has 3 rings (SSSR count). The Kier molecular flexibility index (Phi) is 3.17. The Bertz CT molecular complexity index is 500. The van der Waals surface area contributed by atoms with E-state index in [-0.39, 0.29) is 11.7 Å². The quantitative estimate of drug-likeness (QED) is 0.647. The average molecular weight is 261 g/mol. The highest BCUT2D eigenvalue weighted by molar-refractivity contribution is 5.81. The van der Waals surface area contributed by atoms with Gasteiger partial charge >= 0.3 is 0 Å². The SMILES string of the molecule is CN=C(NC1CC1C)NC1CC1c1ccccc1F. The van der Waals surface area contributed by atoms with Gasteiger partial charge in [-0.3, -0.25) is 4.99 Å². The van der Waals surface area contributed by atoms with E-state index in [9.17, 15) is 4.39 Å². The van der Waals surface area contributed by atoms with Crippen molar-refractivity contribution in [1.82, 2.24) is 10.6 Å². The van der Waals surface area contributed by atoms with Crippen LogP contribution in [0.5, 0.6) is 0 Å². The van der Waals surface area contributed by atoms with E-state index in [0.717, 1.165) is 23.9 Å². The number of rotatable bonds is 3. The zero-order valence-corrected chi connectivity index (χ0v) is 11.4. The van der Waals surface area contributed by atoms with Gasteiger partial charge in [0.2, 0.25) is 0 Å². The molecule has 1 aromatic carbocycles. The molecule has 2 saturated carbocycles. The molecule has 2 aliphatic rings. The molecule has 0 saturated heterocycles. The second kappa shape index (κ2) is 4.83. The van der Waals surface area contributed by atoms with Crippen molar-refractivity contribution in [3.63, 3.8) is 0 Å². The van der Waals surface area contributed by atoms with Crippen LogP contribution < -0.4 is 10.6 Å². The number of halogens is 1. The predicted molar refractivity (Wildman–Crippen MR) is 74.7 cm³/mol. The first-order chi connectivity index (χ1) is 9.19. The van der Waals surface area contributed by atoms with Gasteiger partial charge in [-0.1, -0.05) is 25.1 Å². The molecular formula is C15H20FN3. The average Bonchev–Trinajstić information content (AvgIpc) is 3.29. The zero-order chi connectivity index (χ0) is 13.4. The summed E-state index contributed by atoms with van der Waals surface area (Å²) in [4.78, 5) is 4.23. The minimum absolute atomic E-state index is 0.101. The molecule has 4 unspecified atom stereocenters. The van der Waals surface area contributed by atoms with Crippen molar-refractivity contribution in [2.75, 3.05) is 7.05 Å². The lowest BCUT2D eigenvalue weighted by atomic mass is 10.1. The van der Waals surface area contributed by atoms with Crippen molar-refractivity contribution in [2.24, 2.45) is 10.9 Å². The number of guanidine groups is 1. The highest BCUT2D eigenvalue weighted by atomic mass is 19.1. The maximum atomic E-state index is 13.7. The highest BCUT2D eigenvalue weighted by Gasteiger charge is 2.41. The lowest BCUT2D eigenvalue weighted by Gasteiger charge is -2.11. The van der Waals surface area contributed by atoms with Crippen molar-refractivity contribution in [3.05, 3.63) is 35.6 Å². The fraction of sp³-hybridized carbons (Fsp3) is 0.533. The van der Waals surface area contributed by atoms with E-state index in [2.05, 4.69) is 22.5 Å². The van der Waals surface area contributed by atoms with E-state index >= 15 is 0 Å². The number of aliphatic imine (C=N–C) groups is 1. The molecule has 0 radical (unpaired) electrons.